The Morgan fingerprint density at radius 1 is 1.10 bits per heavy atom. The highest BCUT2D eigenvalue weighted by atomic mass is 35.5. The van der Waals surface area contributed by atoms with Crippen LogP contribution in [0, 0.1) is 5.41 Å². The topological polar surface area (TPSA) is 34.1 Å². The van der Waals surface area contributed by atoms with Crippen molar-refractivity contribution in [2.24, 2.45) is 5.41 Å². The zero-order chi connectivity index (χ0) is 14.4. The Kier molecular flexibility index (Phi) is 4.45. The van der Waals surface area contributed by atoms with Gasteiger partial charge in [-0.05, 0) is 5.56 Å². The highest BCUT2D eigenvalue weighted by Gasteiger charge is 2.52. The van der Waals surface area contributed by atoms with E-state index < -0.39 is 9.84 Å². The van der Waals surface area contributed by atoms with Gasteiger partial charge in [0.15, 0.2) is 9.84 Å². The third-order valence-electron chi connectivity index (χ3n) is 5.21. The minimum absolute atomic E-state index is 0. The maximum Gasteiger partial charge on any atom is 0.161 e. The van der Waals surface area contributed by atoms with E-state index in [1.807, 2.05) is 0 Å². The van der Waals surface area contributed by atoms with E-state index >= 15 is 0 Å². The van der Waals surface area contributed by atoms with E-state index in [9.17, 15) is 8.42 Å². The fourth-order valence-corrected chi connectivity index (χ4v) is 5.67. The summed E-state index contributed by atoms with van der Waals surface area (Å²) in [5.74, 6) is 1.26. The molecule has 1 aromatic carbocycles. The molecule has 1 atom stereocenters. The second-order valence-corrected chi connectivity index (χ2v) is 9.54. The van der Waals surface area contributed by atoms with Crippen molar-refractivity contribution < 1.29 is 25.3 Å². The van der Waals surface area contributed by atoms with Crippen LogP contribution in [0.2, 0.25) is 0 Å². The lowest BCUT2D eigenvalue weighted by Gasteiger charge is -2.38. The highest BCUT2D eigenvalue weighted by Crippen LogP contribution is 2.46. The van der Waals surface area contributed by atoms with Gasteiger partial charge in [0, 0.05) is 11.3 Å². The maximum absolute atomic E-state index is 11.7. The molecule has 5 heteroatoms. The summed E-state index contributed by atoms with van der Waals surface area (Å²) >= 11 is 0. The van der Waals surface area contributed by atoms with Gasteiger partial charge >= 0.3 is 0 Å². The first kappa shape index (κ1) is 16.8. The smallest absolute Gasteiger partial charge is 0.161 e. The molecule has 0 amide bonds. The van der Waals surface area contributed by atoms with Gasteiger partial charge in [-0.25, -0.2) is 8.42 Å². The van der Waals surface area contributed by atoms with Crippen LogP contribution in [-0.4, -0.2) is 50.6 Å². The molecule has 1 spiro atoms. The standard InChI is InChI=1S/C16H24NO2S.ClH/c1-16(2)13-17(8-10-20(18,19)11-9-17)12-15(16)14-6-4-3-5-7-14;/h3-7,15H,8-13H2,1-2H3;1H/q+1;/p-1. The zero-order valence-corrected chi connectivity index (χ0v) is 14.3. The van der Waals surface area contributed by atoms with Crippen molar-refractivity contribution in [2.45, 2.75) is 19.8 Å². The van der Waals surface area contributed by atoms with Crippen LogP contribution in [0.3, 0.4) is 0 Å². The lowest BCUT2D eigenvalue weighted by molar-refractivity contribution is -0.916. The normalized spacial score (nSPS) is 29.0. The van der Waals surface area contributed by atoms with Crippen LogP contribution in [0.5, 0.6) is 0 Å². The Labute approximate surface area is 134 Å². The second kappa shape index (κ2) is 5.56. The Bertz CT molecular complexity index is 584. The zero-order valence-electron chi connectivity index (χ0n) is 12.8. The van der Waals surface area contributed by atoms with E-state index in [0.29, 0.717) is 17.4 Å². The molecule has 0 bridgehead atoms. The monoisotopic (exact) mass is 329 g/mol. The summed E-state index contributed by atoms with van der Waals surface area (Å²) in [6.07, 6.45) is 0. The number of hydrogen-bond acceptors (Lipinski definition) is 2. The molecule has 118 valence electrons. The summed E-state index contributed by atoms with van der Waals surface area (Å²) in [5, 5.41) is 0. The van der Waals surface area contributed by atoms with Crippen molar-refractivity contribution in [1.29, 1.82) is 0 Å². The molecule has 21 heavy (non-hydrogen) atoms. The molecule has 0 radical (unpaired) electrons. The van der Waals surface area contributed by atoms with Crippen molar-refractivity contribution in [3.05, 3.63) is 35.9 Å². The Morgan fingerprint density at radius 3 is 2.24 bits per heavy atom. The minimum atomic E-state index is -2.78. The summed E-state index contributed by atoms with van der Waals surface area (Å²) in [4.78, 5) is 0. The number of nitrogens with zero attached hydrogens (tertiary/aromatic N) is 1. The number of sulfone groups is 1. The summed E-state index contributed by atoms with van der Waals surface area (Å²) in [6, 6.07) is 10.7. The Morgan fingerprint density at radius 2 is 1.67 bits per heavy atom. The van der Waals surface area contributed by atoms with Gasteiger partial charge in [0.2, 0.25) is 0 Å². The molecule has 2 aliphatic heterocycles. The van der Waals surface area contributed by atoms with Crippen molar-refractivity contribution >= 4 is 9.84 Å². The van der Waals surface area contributed by atoms with E-state index in [4.69, 9.17) is 0 Å². The van der Waals surface area contributed by atoms with Crippen LogP contribution in [0.1, 0.15) is 25.3 Å². The first-order valence-electron chi connectivity index (χ1n) is 7.43. The van der Waals surface area contributed by atoms with Gasteiger partial charge in [0.05, 0.1) is 37.7 Å². The maximum atomic E-state index is 11.7. The van der Waals surface area contributed by atoms with Gasteiger partial charge in [-0.2, -0.15) is 0 Å². The van der Waals surface area contributed by atoms with Crippen LogP contribution < -0.4 is 12.4 Å². The van der Waals surface area contributed by atoms with Gasteiger partial charge in [-0.15, -0.1) is 0 Å². The summed E-state index contributed by atoms with van der Waals surface area (Å²) in [7, 11) is -2.78. The molecule has 2 fully saturated rings. The van der Waals surface area contributed by atoms with E-state index in [1.54, 1.807) is 0 Å². The van der Waals surface area contributed by atoms with Crippen LogP contribution >= 0.6 is 0 Å². The molecule has 1 unspecified atom stereocenters. The van der Waals surface area contributed by atoms with E-state index in [-0.39, 0.29) is 17.8 Å². The van der Waals surface area contributed by atoms with Gasteiger partial charge in [0.1, 0.15) is 0 Å². The first-order chi connectivity index (χ1) is 9.32. The molecule has 1 aromatic rings. The van der Waals surface area contributed by atoms with Crippen molar-refractivity contribution in [2.75, 3.05) is 37.7 Å². The van der Waals surface area contributed by atoms with Gasteiger partial charge < -0.3 is 16.9 Å². The molecule has 3 rings (SSSR count). The summed E-state index contributed by atoms with van der Waals surface area (Å²) in [5.41, 5.74) is 1.64. The van der Waals surface area contributed by atoms with Crippen LogP contribution in [-0.2, 0) is 9.84 Å². The fraction of sp³-hybridized carbons (Fsp3) is 0.625. The Hall–Kier alpha value is -0.580. The molecule has 3 nitrogen and oxygen atoms in total. The molecular weight excluding hydrogens is 306 g/mol. The number of benzene rings is 1. The minimum Gasteiger partial charge on any atom is -1.00 e. The van der Waals surface area contributed by atoms with Crippen LogP contribution in [0.15, 0.2) is 30.3 Å². The molecule has 0 aliphatic carbocycles. The molecule has 0 saturated carbocycles. The molecule has 2 heterocycles. The molecule has 0 aromatic heterocycles. The molecular formula is C16H24ClNO2S. The average Bonchev–Trinajstić information content (AvgIpc) is 2.67. The molecule has 2 saturated heterocycles. The van der Waals surface area contributed by atoms with E-state index in [0.717, 1.165) is 30.7 Å². The SMILES string of the molecule is CC1(C)C[N+]2(CCS(=O)(=O)CC2)CC1c1ccccc1.[Cl-]. The molecule has 0 N–H and O–H groups in total. The van der Waals surface area contributed by atoms with Crippen LogP contribution in [0.4, 0.5) is 0 Å². The van der Waals surface area contributed by atoms with Gasteiger partial charge in [-0.1, -0.05) is 44.2 Å². The number of quaternary nitrogens is 1. The Balaban J connectivity index is 0.00000161. The summed E-state index contributed by atoms with van der Waals surface area (Å²) < 4.78 is 24.4. The van der Waals surface area contributed by atoms with Gasteiger partial charge in [0.25, 0.3) is 0 Å². The third-order valence-corrected chi connectivity index (χ3v) is 6.82. The quantitative estimate of drug-likeness (QED) is 0.623. The predicted molar refractivity (Wildman–Crippen MR) is 81.3 cm³/mol. The number of halogens is 1. The average molecular weight is 330 g/mol. The first-order valence-corrected chi connectivity index (χ1v) is 9.25. The van der Waals surface area contributed by atoms with Gasteiger partial charge in [-0.3, -0.25) is 0 Å². The highest BCUT2D eigenvalue weighted by molar-refractivity contribution is 7.91. The molecule has 2 aliphatic rings. The predicted octanol–water partition coefficient (Wildman–Crippen LogP) is -0.941. The van der Waals surface area contributed by atoms with Crippen molar-refractivity contribution in [1.82, 2.24) is 0 Å². The van der Waals surface area contributed by atoms with Crippen LogP contribution in [0.25, 0.3) is 0 Å². The largest absolute Gasteiger partial charge is 1.00 e. The summed E-state index contributed by atoms with van der Waals surface area (Å²) in [6.45, 7) is 8.46. The van der Waals surface area contributed by atoms with E-state index in [1.165, 1.54) is 5.56 Å². The van der Waals surface area contributed by atoms with Crippen molar-refractivity contribution in [3.8, 4) is 0 Å². The number of hydrogen-bond donors (Lipinski definition) is 0. The lowest BCUT2D eigenvalue weighted by Crippen LogP contribution is -3.00. The van der Waals surface area contributed by atoms with E-state index in [2.05, 4.69) is 44.2 Å². The lowest BCUT2D eigenvalue weighted by atomic mass is 9.78. The second-order valence-electron chi connectivity index (χ2n) is 7.23. The fourth-order valence-electron chi connectivity index (χ4n) is 4.14. The number of rotatable bonds is 1. The van der Waals surface area contributed by atoms with Crippen molar-refractivity contribution in [3.63, 3.8) is 0 Å². The third kappa shape index (κ3) is 3.27.